The molecular weight excluding hydrogens is 646 g/mol. The van der Waals surface area contributed by atoms with Gasteiger partial charge >= 0.3 is 0 Å². The van der Waals surface area contributed by atoms with Gasteiger partial charge in [0.25, 0.3) is 10.0 Å². The predicted molar refractivity (Wildman–Crippen MR) is 177 cm³/mol. The van der Waals surface area contributed by atoms with E-state index < -0.39 is 28.5 Å². The first-order chi connectivity index (χ1) is 20.6. The molecule has 1 N–H and O–H groups in total. The van der Waals surface area contributed by atoms with E-state index >= 15 is 0 Å². The first-order valence-electron chi connectivity index (χ1n) is 13.6. The number of anilines is 1. The molecule has 0 saturated carbocycles. The van der Waals surface area contributed by atoms with E-state index in [1.165, 1.54) is 23.7 Å². The van der Waals surface area contributed by atoms with Crippen molar-refractivity contribution in [3.05, 3.63) is 124 Å². The number of nitrogens with one attached hydrogen (secondary N) is 1. The van der Waals surface area contributed by atoms with Gasteiger partial charge in [0.1, 0.15) is 12.6 Å². The second-order valence-electron chi connectivity index (χ2n) is 9.99. The maximum atomic E-state index is 14.3. The topological polar surface area (TPSA) is 86.8 Å². The molecule has 0 aromatic heterocycles. The van der Waals surface area contributed by atoms with Gasteiger partial charge in [0.05, 0.1) is 10.6 Å². The van der Waals surface area contributed by atoms with Crippen LogP contribution in [0.4, 0.5) is 5.69 Å². The van der Waals surface area contributed by atoms with Gasteiger partial charge in [-0.15, -0.1) is 11.8 Å². The summed E-state index contributed by atoms with van der Waals surface area (Å²) in [6.07, 6.45) is 2.18. The molecule has 10 heteroatoms. The van der Waals surface area contributed by atoms with Crippen LogP contribution in [0.5, 0.6) is 0 Å². The van der Waals surface area contributed by atoms with Crippen LogP contribution in [0, 0.1) is 6.92 Å². The number of benzene rings is 4. The Balaban J connectivity index is 1.77. The zero-order chi connectivity index (χ0) is 31.0. The molecule has 0 saturated heterocycles. The standard InChI is InChI=1S/C33H34BrN3O4S2/c1-24-9-15-28(16-10-24)37(43(40,41)30-19-17-29(42-3)18-20-30)23-32(38)36(22-26-11-13-27(34)14-12-26)31(33(39)35-2)21-25-7-5-4-6-8-25/h4-20,31H,21-23H2,1-3H3,(H,35,39). The summed E-state index contributed by atoms with van der Waals surface area (Å²) < 4.78 is 30.2. The summed E-state index contributed by atoms with van der Waals surface area (Å²) >= 11 is 4.95. The highest BCUT2D eigenvalue weighted by molar-refractivity contribution is 9.10. The Labute approximate surface area is 266 Å². The lowest BCUT2D eigenvalue weighted by molar-refractivity contribution is -0.139. The number of hydrogen-bond acceptors (Lipinski definition) is 5. The number of sulfonamides is 1. The van der Waals surface area contributed by atoms with Crippen LogP contribution in [0.3, 0.4) is 0 Å². The number of amides is 2. The Bertz CT molecular complexity index is 1630. The summed E-state index contributed by atoms with van der Waals surface area (Å²) in [5.74, 6) is -0.843. The lowest BCUT2D eigenvalue weighted by atomic mass is 10.0. The van der Waals surface area contributed by atoms with Crippen molar-refractivity contribution in [1.29, 1.82) is 0 Å². The fourth-order valence-electron chi connectivity index (χ4n) is 4.62. The van der Waals surface area contributed by atoms with Crippen molar-refractivity contribution in [1.82, 2.24) is 10.2 Å². The first kappa shape index (κ1) is 32.3. The van der Waals surface area contributed by atoms with Crippen molar-refractivity contribution in [3.8, 4) is 0 Å². The van der Waals surface area contributed by atoms with Crippen LogP contribution >= 0.6 is 27.7 Å². The molecule has 1 unspecified atom stereocenters. The monoisotopic (exact) mass is 679 g/mol. The molecule has 7 nitrogen and oxygen atoms in total. The Morgan fingerprint density at radius 1 is 0.860 bits per heavy atom. The summed E-state index contributed by atoms with van der Waals surface area (Å²) in [5, 5.41) is 2.70. The SMILES string of the molecule is CNC(=O)C(Cc1ccccc1)N(Cc1ccc(Br)cc1)C(=O)CN(c1ccc(C)cc1)S(=O)(=O)c1ccc(SC)cc1. The second kappa shape index (κ2) is 14.7. The van der Waals surface area contributed by atoms with Crippen molar-refractivity contribution in [3.63, 3.8) is 0 Å². The maximum Gasteiger partial charge on any atom is 0.264 e. The fourth-order valence-corrected chi connectivity index (χ4v) is 6.71. The van der Waals surface area contributed by atoms with Gasteiger partial charge in [-0.05, 0) is 72.8 Å². The van der Waals surface area contributed by atoms with Gasteiger partial charge in [0.15, 0.2) is 0 Å². The maximum absolute atomic E-state index is 14.3. The van der Waals surface area contributed by atoms with Crippen LogP contribution in [-0.4, -0.2) is 51.0 Å². The van der Waals surface area contributed by atoms with Crippen molar-refractivity contribution in [2.45, 2.75) is 35.7 Å². The third kappa shape index (κ3) is 8.28. The lowest BCUT2D eigenvalue weighted by Crippen LogP contribution is -2.53. The average Bonchev–Trinajstić information content (AvgIpc) is 3.03. The molecule has 4 aromatic carbocycles. The summed E-state index contributed by atoms with van der Waals surface area (Å²) in [6, 6.07) is 29.6. The Hall–Kier alpha value is -3.60. The smallest absolute Gasteiger partial charge is 0.264 e. The van der Waals surface area contributed by atoms with E-state index in [-0.39, 0.29) is 23.8 Å². The minimum atomic E-state index is -4.14. The molecule has 0 bridgehead atoms. The second-order valence-corrected chi connectivity index (χ2v) is 13.6. The summed E-state index contributed by atoms with van der Waals surface area (Å²) in [5.41, 5.74) is 2.99. The van der Waals surface area contributed by atoms with Crippen LogP contribution < -0.4 is 9.62 Å². The lowest BCUT2D eigenvalue weighted by Gasteiger charge is -2.33. The number of rotatable bonds is 12. The summed E-state index contributed by atoms with van der Waals surface area (Å²) in [4.78, 5) is 30.1. The third-order valence-electron chi connectivity index (χ3n) is 7.03. The van der Waals surface area contributed by atoms with E-state index in [1.807, 2.05) is 79.9 Å². The Kier molecular flexibility index (Phi) is 11.1. The van der Waals surface area contributed by atoms with Gasteiger partial charge in [-0.1, -0.05) is 76.1 Å². The molecule has 0 aliphatic carbocycles. The highest BCUT2D eigenvalue weighted by atomic mass is 79.9. The highest BCUT2D eigenvalue weighted by Crippen LogP contribution is 2.27. The van der Waals surface area contributed by atoms with Gasteiger partial charge in [0.2, 0.25) is 11.8 Å². The van der Waals surface area contributed by atoms with Gasteiger partial charge in [-0.3, -0.25) is 13.9 Å². The normalized spacial score (nSPS) is 11.9. The van der Waals surface area contributed by atoms with Gasteiger partial charge in [-0.2, -0.15) is 0 Å². The quantitative estimate of drug-likeness (QED) is 0.184. The van der Waals surface area contributed by atoms with E-state index in [4.69, 9.17) is 0 Å². The number of likely N-dealkylation sites (N-methyl/N-ethyl adjacent to an activating group) is 1. The Morgan fingerprint density at radius 3 is 2.07 bits per heavy atom. The minimum absolute atomic E-state index is 0.0743. The zero-order valence-electron chi connectivity index (χ0n) is 24.2. The van der Waals surface area contributed by atoms with Crippen molar-refractivity contribution in [2.75, 3.05) is 24.2 Å². The zero-order valence-corrected chi connectivity index (χ0v) is 27.5. The molecule has 4 aromatic rings. The van der Waals surface area contributed by atoms with Gasteiger partial charge in [0, 0.05) is 29.4 Å². The molecule has 0 heterocycles. The number of hydrogen-bond donors (Lipinski definition) is 1. The molecule has 224 valence electrons. The fraction of sp³-hybridized carbons (Fsp3) is 0.212. The first-order valence-corrected chi connectivity index (χ1v) is 17.1. The number of halogens is 1. The van der Waals surface area contributed by atoms with Crippen LogP contribution in [-0.2, 0) is 32.6 Å². The molecule has 2 amide bonds. The third-order valence-corrected chi connectivity index (χ3v) is 10.1. The largest absolute Gasteiger partial charge is 0.357 e. The molecule has 0 radical (unpaired) electrons. The van der Waals surface area contributed by atoms with Crippen molar-refractivity contribution >= 4 is 55.2 Å². The Morgan fingerprint density at radius 2 is 1.49 bits per heavy atom. The number of carbonyl (C=O) groups excluding carboxylic acids is 2. The van der Waals surface area contributed by atoms with Crippen LogP contribution in [0.1, 0.15) is 16.7 Å². The molecule has 43 heavy (non-hydrogen) atoms. The minimum Gasteiger partial charge on any atom is -0.357 e. The average molecular weight is 681 g/mol. The molecule has 1 atom stereocenters. The molecule has 0 aliphatic heterocycles. The predicted octanol–water partition coefficient (Wildman–Crippen LogP) is 6.06. The van der Waals surface area contributed by atoms with Crippen LogP contribution in [0.15, 0.2) is 117 Å². The van der Waals surface area contributed by atoms with Crippen molar-refractivity contribution < 1.29 is 18.0 Å². The summed E-state index contributed by atoms with van der Waals surface area (Å²) in [6.45, 7) is 1.53. The molecule has 0 spiro atoms. The molecule has 4 rings (SSSR count). The number of carbonyl (C=O) groups is 2. The molecule has 0 fully saturated rings. The number of aryl methyl sites for hydroxylation is 1. The van der Waals surface area contributed by atoms with Crippen molar-refractivity contribution in [2.24, 2.45) is 0 Å². The summed E-state index contributed by atoms with van der Waals surface area (Å²) in [7, 11) is -2.61. The van der Waals surface area contributed by atoms with E-state index in [0.717, 1.165) is 30.4 Å². The number of thioether (sulfide) groups is 1. The van der Waals surface area contributed by atoms with E-state index in [9.17, 15) is 18.0 Å². The van der Waals surface area contributed by atoms with Crippen LogP contribution in [0.2, 0.25) is 0 Å². The van der Waals surface area contributed by atoms with Gasteiger partial charge in [-0.25, -0.2) is 8.42 Å². The highest BCUT2D eigenvalue weighted by Gasteiger charge is 2.34. The van der Waals surface area contributed by atoms with E-state index in [1.54, 1.807) is 36.4 Å². The molecular formula is C33H34BrN3O4S2. The van der Waals surface area contributed by atoms with Gasteiger partial charge < -0.3 is 10.2 Å². The van der Waals surface area contributed by atoms with E-state index in [0.29, 0.717) is 5.69 Å². The van der Waals surface area contributed by atoms with Crippen LogP contribution in [0.25, 0.3) is 0 Å². The number of nitrogens with zero attached hydrogens (tertiary/aromatic N) is 2. The molecule has 0 aliphatic rings. The van der Waals surface area contributed by atoms with E-state index in [2.05, 4.69) is 21.2 Å².